The van der Waals surface area contributed by atoms with Gasteiger partial charge in [-0.3, -0.25) is 0 Å². The Morgan fingerprint density at radius 2 is 2.08 bits per heavy atom. The molecular formula is C18H30N2O5S. The Morgan fingerprint density at radius 3 is 2.65 bits per heavy atom. The minimum absolute atomic E-state index is 0.166. The minimum atomic E-state index is -1.07. The number of hydrogen-bond acceptors (Lipinski definition) is 7. The van der Waals surface area contributed by atoms with E-state index in [9.17, 15) is 9.90 Å². The number of amides is 1. The van der Waals surface area contributed by atoms with Crippen molar-refractivity contribution >= 4 is 17.4 Å². The van der Waals surface area contributed by atoms with Crippen molar-refractivity contribution in [3.05, 3.63) is 10.6 Å². The number of nitrogens with zero attached hydrogens (tertiary/aromatic N) is 1. The average Bonchev–Trinajstić information content (AvgIpc) is 2.89. The number of hydrogen-bond donors (Lipinski definition) is 2. The first-order valence-electron chi connectivity index (χ1n) is 9.00. The summed E-state index contributed by atoms with van der Waals surface area (Å²) < 4.78 is 16.6. The van der Waals surface area contributed by atoms with Gasteiger partial charge in [0.1, 0.15) is 0 Å². The quantitative estimate of drug-likeness (QED) is 0.779. The van der Waals surface area contributed by atoms with E-state index in [1.807, 2.05) is 20.8 Å². The molecule has 0 saturated carbocycles. The largest absolute Gasteiger partial charge is 0.414 e. The highest BCUT2D eigenvalue weighted by atomic mass is 32.1. The van der Waals surface area contributed by atoms with Crippen LogP contribution in [0.1, 0.15) is 64.5 Å². The van der Waals surface area contributed by atoms with Crippen molar-refractivity contribution in [2.24, 2.45) is 0 Å². The summed E-state index contributed by atoms with van der Waals surface area (Å²) in [6.45, 7) is 10.2. The summed E-state index contributed by atoms with van der Waals surface area (Å²) in [6.07, 6.45) is 2.87. The average molecular weight is 387 g/mol. The zero-order chi connectivity index (χ0) is 19.4. The Bertz CT molecular complexity index is 598. The molecule has 1 unspecified atom stereocenters. The first kappa shape index (κ1) is 21.1. The van der Waals surface area contributed by atoms with Crippen LogP contribution in [0.15, 0.2) is 0 Å². The van der Waals surface area contributed by atoms with E-state index in [4.69, 9.17) is 14.2 Å². The van der Waals surface area contributed by atoms with Crippen molar-refractivity contribution < 1.29 is 24.1 Å². The van der Waals surface area contributed by atoms with Crippen molar-refractivity contribution in [3.8, 4) is 5.19 Å². The molecule has 2 heterocycles. The predicted molar refractivity (Wildman–Crippen MR) is 99.5 cm³/mol. The van der Waals surface area contributed by atoms with Crippen LogP contribution in [0.4, 0.5) is 4.79 Å². The van der Waals surface area contributed by atoms with Crippen LogP contribution < -0.4 is 10.1 Å². The van der Waals surface area contributed by atoms with Gasteiger partial charge in [-0.25, -0.2) is 9.78 Å². The number of ether oxygens (including phenoxy) is 3. The molecule has 0 spiro atoms. The molecule has 148 valence electrons. The fourth-order valence-corrected chi connectivity index (χ4v) is 3.52. The third-order valence-electron chi connectivity index (χ3n) is 3.67. The van der Waals surface area contributed by atoms with Crippen LogP contribution in [-0.2, 0) is 21.5 Å². The Kier molecular flexibility index (Phi) is 7.01. The third kappa shape index (κ3) is 6.83. The molecule has 7 nitrogen and oxygen atoms in total. The molecule has 1 aliphatic heterocycles. The second-order valence-electron chi connectivity index (χ2n) is 8.00. The summed E-state index contributed by atoms with van der Waals surface area (Å²) in [4.78, 5) is 17.0. The highest BCUT2D eigenvalue weighted by Crippen LogP contribution is 2.34. The molecule has 0 bridgehead atoms. The molecule has 1 aromatic heterocycles. The Morgan fingerprint density at radius 1 is 1.35 bits per heavy atom. The van der Waals surface area contributed by atoms with Gasteiger partial charge in [0.15, 0.2) is 6.29 Å². The number of nitrogens with one attached hydrogen (secondary N) is 1. The van der Waals surface area contributed by atoms with Crippen LogP contribution in [0.3, 0.4) is 0 Å². The smallest absolute Gasteiger partial charge is 0.385 e. The Labute approximate surface area is 159 Å². The third-order valence-corrected chi connectivity index (χ3v) is 4.96. The lowest BCUT2D eigenvalue weighted by Crippen LogP contribution is -2.42. The van der Waals surface area contributed by atoms with E-state index in [2.05, 4.69) is 10.3 Å². The predicted octanol–water partition coefficient (Wildman–Crippen LogP) is 3.34. The molecule has 1 saturated heterocycles. The fraction of sp³-hybridized carbons (Fsp3) is 0.778. The van der Waals surface area contributed by atoms with Crippen molar-refractivity contribution in [1.82, 2.24) is 10.3 Å². The molecule has 2 rings (SSSR count). The van der Waals surface area contributed by atoms with Gasteiger partial charge in [0.05, 0.1) is 22.8 Å². The van der Waals surface area contributed by atoms with E-state index in [1.54, 1.807) is 13.8 Å². The standard InChI is InChI=1S/C18H30N2O5S/c1-17(2,3)20-15(21)25-16-19-12(14(26-16)18(4,5)22)9-11-24-13-8-6-7-10-23-13/h13,22H,6-11H2,1-5H3,(H,20,21). The van der Waals surface area contributed by atoms with E-state index in [-0.39, 0.29) is 11.5 Å². The highest BCUT2D eigenvalue weighted by molar-refractivity contribution is 7.13. The van der Waals surface area contributed by atoms with E-state index < -0.39 is 17.2 Å². The van der Waals surface area contributed by atoms with Gasteiger partial charge < -0.3 is 24.6 Å². The molecule has 0 aromatic carbocycles. The first-order valence-corrected chi connectivity index (χ1v) is 9.82. The summed E-state index contributed by atoms with van der Waals surface area (Å²) in [5.74, 6) is 0. The molecule has 1 aromatic rings. The maximum Gasteiger partial charge on any atom is 0.414 e. The zero-order valence-corrected chi connectivity index (χ0v) is 17.1. The van der Waals surface area contributed by atoms with Crippen LogP contribution in [0.2, 0.25) is 0 Å². The Balaban J connectivity index is 1.99. The summed E-state index contributed by atoms with van der Waals surface area (Å²) in [6, 6.07) is 0. The molecule has 1 fully saturated rings. The number of carbonyl (C=O) groups excluding carboxylic acids is 1. The SMILES string of the molecule is CC(C)(C)NC(=O)Oc1nc(CCOC2CCCCO2)c(C(C)(C)O)s1. The molecule has 0 radical (unpaired) electrons. The minimum Gasteiger partial charge on any atom is -0.385 e. The highest BCUT2D eigenvalue weighted by Gasteiger charge is 2.27. The fourth-order valence-electron chi connectivity index (χ4n) is 2.56. The molecule has 1 amide bonds. The van der Waals surface area contributed by atoms with Crippen molar-refractivity contribution in [2.75, 3.05) is 13.2 Å². The lowest BCUT2D eigenvalue weighted by atomic mass is 10.1. The first-order chi connectivity index (χ1) is 12.0. The molecule has 2 N–H and O–H groups in total. The van der Waals surface area contributed by atoms with Gasteiger partial charge in [0.2, 0.25) is 0 Å². The van der Waals surface area contributed by atoms with Crippen LogP contribution in [0, 0.1) is 0 Å². The van der Waals surface area contributed by atoms with Crippen LogP contribution >= 0.6 is 11.3 Å². The van der Waals surface area contributed by atoms with Crippen LogP contribution in [0.5, 0.6) is 5.19 Å². The van der Waals surface area contributed by atoms with Crippen molar-refractivity contribution in [2.45, 2.75) is 77.7 Å². The number of aliphatic hydroxyl groups is 1. The second kappa shape index (κ2) is 8.65. The van der Waals surface area contributed by atoms with Crippen LogP contribution in [0.25, 0.3) is 0 Å². The van der Waals surface area contributed by atoms with Gasteiger partial charge >= 0.3 is 6.09 Å². The summed E-state index contributed by atoms with van der Waals surface area (Å²) in [5.41, 5.74) is -0.794. The van der Waals surface area contributed by atoms with Gasteiger partial charge in [0, 0.05) is 18.6 Å². The number of aromatic nitrogens is 1. The lowest BCUT2D eigenvalue weighted by Gasteiger charge is -2.22. The summed E-state index contributed by atoms with van der Waals surface area (Å²) in [7, 11) is 0. The lowest BCUT2D eigenvalue weighted by molar-refractivity contribution is -0.161. The molecule has 8 heteroatoms. The maximum atomic E-state index is 11.9. The maximum absolute atomic E-state index is 11.9. The number of thiazole rings is 1. The van der Waals surface area contributed by atoms with Crippen molar-refractivity contribution in [3.63, 3.8) is 0 Å². The van der Waals surface area contributed by atoms with Crippen molar-refractivity contribution in [1.29, 1.82) is 0 Å². The van der Waals surface area contributed by atoms with Crippen LogP contribution in [-0.4, -0.2) is 41.2 Å². The normalized spacial score (nSPS) is 18.6. The zero-order valence-electron chi connectivity index (χ0n) is 16.3. The summed E-state index contributed by atoms with van der Waals surface area (Å²) >= 11 is 1.18. The van der Waals surface area contributed by atoms with E-state index >= 15 is 0 Å². The molecule has 1 aliphatic rings. The number of rotatable bonds is 6. The molecular weight excluding hydrogens is 356 g/mol. The van der Waals surface area contributed by atoms with Gasteiger partial charge in [-0.15, -0.1) is 0 Å². The molecule has 26 heavy (non-hydrogen) atoms. The van der Waals surface area contributed by atoms with Gasteiger partial charge in [-0.1, -0.05) is 11.3 Å². The van der Waals surface area contributed by atoms with E-state index in [0.29, 0.717) is 23.6 Å². The van der Waals surface area contributed by atoms with E-state index in [0.717, 1.165) is 25.9 Å². The molecule has 0 aliphatic carbocycles. The van der Waals surface area contributed by atoms with Gasteiger partial charge in [-0.05, 0) is 53.9 Å². The topological polar surface area (TPSA) is 89.9 Å². The number of carbonyl (C=O) groups is 1. The van der Waals surface area contributed by atoms with E-state index in [1.165, 1.54) is 11.3 Å². The Hall–Kier alpha value is -1.22. The van der Waals surface area contributed by atoms with Gasteiger partial charge in [0.25, 0.3) is 5.19 Å². The second-order valence-corrected chi connectivity index (χ2v) is 8.96. The molecule has 1 atom stereocenters. The van der Waals surface area contributed by atoms with Gasteiger partial charge in [-0.2, -0.15) is 0 Å². The monoisotopic (exact) mass is 386 g/mol. The summed E-state index contributed by atoms with van der Waals surface area (Å²) in [5, 5.41) is 13.3.